The molecule has 2 bridgehead atoms. The molecule has 1 aromatic heterocycles. The molecule has 3 aromatic carbocycles. The van der Waals surface area contributed by atoms with E-state index in [1.54, 1.807) is 18.2 Å². The molecule has 1 N–H and O–H groups in total. The number of anilines is 2. The average Bonchev–Trinajstić information content (AvgIpc) is 3.20. The fourth-order valence-electron chi connectivity index (χ4n) is 6.93. The summed E-state index contributed by atoms with van der Waals surface area (Å²) >= 11 is 6.92. The Kier molecular flexibility index (Phi) is 7.20. The van der Waals surface area contributed by atoms with Crippen LogP contribution in [0.25, 0.3) is 32.8 Å². The van der Waals surface area contributed by atoms with Gasteiger partial charge in [0.1, 0.15) is 22.7 Å². The number of phenols is 1. The van der Waals surface area contributed by atoms with Gasteiger partial charge < -0.3 is 24.5 Å². The summed E-state index contributed by atoms with van der Waals surface area (Å²) in [6.07, 6.45) is 1.42. The van der Waals surface area contributed by atoms with Crippen LogP contribution in [0.4, 0.5) is 21.0 Å². The summed E-state index contributed by atoms with van der Waals surface area (Å²) in [6, 6.07) is 12.7. The van der Waals surface area contributed by atoms with Crippen LogP contribution in [0.1, 0.15) is 33.6 Å². The quantitative estimate of drug-likeness (QED) is 0.281. The van der Waals surface area contributed by atoms with Crippen LogP contribution in [-0.4, -0.2) is 95.0 Å². The van der Waals surface area contributed by atoms with Crippen LogP contribution in [0.5, 0.6) is 5.75 Å². The van der Waals surface area contributed by atoms with Crippen molar-refractivity contribution in [2.45, 2.75) is 57.3 Å². The Bertz CT molecular complexity index is 1810. The molecular weight excluding hydrogens is 595 g/mol. The van der Waals surface area contributed by atoms with E-state index in [4.69, 9.17) is 26.3 Å². The minimum Gasteiger partial charge on any atom is -0.508 e. The summed E-state index contributed by atoms with van der Waals surface area (Å²) in [5, 5.41) is 12.8. The maximum absolute atomic E-state index is 16.9. The molecule has 3 saturated heterocycles. The van der Waals surface area contributed by atoms with E-state index in [2.05, 4.69) is 14.7 Å². The normalized spacial score (nSPS) is 20.4. The minimum absolute atomic E-state index is 0.0250. The molecule has 7 rings (SSSR count). The van der Waals surface area contributed by atoms with Crippen LogP contribution < -0.4 is 9.80 Å². The van der Waals surface area contributed by atoms with Gasteiger partial charge in [-0.2, -0.15) is 4.98 Å². The van der Waals surface area contributed by atoms with E-state index in [9.17, 15) is 9.90 Å². The lowest BCUT2D eigenvalue weighted by Gasteiger charge is -2.44. The summed E-state index contributed by atoms with van der Waals surface area (Å²) in [6.45, 7) is 8.17. The number of amides is 1. The maximum Gasteiger partial charge on any atom is 0.410 e. The van der Waals surface area contributed by atoms with Crippen molar-refractivity contribution < 1.29 is 19.0 Å². The number of likely N-dealkylation sites (N-methyl/N-ethyl adjacent to an activating group) is 1. The van der Waals surface area contributed by atoms with Gasteiger partial charge in [0, 0.05) is 43.2 Å². The number of hydrogen-bond acceptors (Lipinski definition) is 8. The van der Waals surface area contributed by atoms with E-state index in [-0.39, 0.29) is 40.0 Å². The zero-order valence-electron chi connectivity index (χ0n) is 26.2. The number of rotatable bonds is 4. The number of benzene rings is 3. The fourth-order valence-corrected chi connectivity index (χ4v) is 7.23. The average molecular weight is 633 g/mol. The largest absolute Gasteiger partial charge is 0.508 e. The van der Waals surface area contributed by atoms with Gasteiger partial charge in [0.2, 0.25) is 5.95 Å². The van der Waals surface area contributed by atoms with Gasteiger partial charge >= 0.3 is 6.09 Å². The number of piperazine rings is 1. The number of ether oxygens (including phenoxy) is 1. The standard InChI is InChI=1S/C34H38ClFN6O3/c1-34(2,3)45-33(44)42-20-10-11-21(42)16-40(15-20)31-26-14-27(35)28(25-13-23(43)12-19-8-6-7-9-24(19)25)29(36)30(26)37-32(38-31)41-17-22(18-41)39(4)5/h6-9,12-14,20-22,43H,10-11,15-18H2,1-5H3/t20-,21+. The predicted octanol–water partition coefficient (Wildman–Crippen LogP) is 6.29. The van der Waals surface area contributed by atoms with Gasteiger partial charge in [-0.25, -0.2) is 14.2 Å². The Hall–Kier alpha value is -3.89. The minimum atomic E-state index is -0.583. The Morgan fingerprint density at radius 3 is 2.36 bits per heavy atom. The monoisotopic (exact) mass is 632 g/mol. The lowest BCUT2D eigenvalue weighted by Crippen LogP contribution is -2.58. The summed E-state index contributed by atoms with van der Waals surface area (Å²) in [4.78, 5) is 31.2. The number of aromatic nitrogens is 2. The molecule has 9 nitrogen and oxygen atoms in total. The number of hydrogen-bond donors (Lipinski definition) is 1. The molecule has 1 amide bonds. The molecular formula is C34H38ClFN6O3. The van der Waals surface area contributed by atoms with Crippen molar-refractivity contribution in [2.75, 3.05) is 50.1 Å². The predicted molar refractivity (Wildman–Crippen MR) is 176 cm³/mol. The molecule has 0 spiro atoms. The van der Waals surface area contributed by atoms with E-state index < -0.39 is 11.4 Å². The summed E-state index contributed by atoms with van der Waals surface area (Å²) in [5.74, 6) is 0.540. The van der Waals surface area contributed by atoms with Crippen molar-refractivity contribution >= 4 is 51.1 Å². The molecule has 236 valence electrons. The highest BCUT2D eigenvalue weighted by atomic mass is 35.5. The number of halogens is 2. The van der Waals surface area contributed by atoms with Crippen LogP contribution in [0.3, 0.4) is 0 Å². The van der Waals surface area contributed by atoms with E-state index in [0.29, 0.717) is 41.8 Å². The molecule has 0 radical (unpaired) electrons. The topological polar surface area (TPSA) is 85.3 Å². The van der Waals surface area contributed by atoms with E-state index in [1.165, 1.54) is 0 Å². The summed E-state index contributed by atoms with van der Waals surface area (Å²) in [7, 11) is 4.09. The molecule has 3 aliphatic rings. The van der Waals surface area contributed by atoms with E-state index in [1.807, 2.05) is 64.0 Å². The molecule has 0 saturated carbocycles. The van der Waals surface area contributed by atoms with E-state index >= 15 is 4.39 Å². The summed E-state index contributed by atoms with van der Waals surface area (Å²) in [5.41, 5.74) is 0.283. The van der Waals surface area contributed by atoms with E-state index in [0.717, 1.165) is 36.7 Å². The Morgan fingerprint density at radius 1 is 1.00 bits per heavy atom. The van der Waals surface area contributed by atoms with Crippen molar-refractivity contribution in [3.8, 4) is 16.9 Å². The van der Waals surface area contributed by atoms with Crippen LogP contribution in [0.15, 0.2) is 42.5 Å². The number of carbonyl (C=O) groups is 1. The molecule has 4 aromatic rings. The van der Waals surface area contributed by atoms with Gasteiger partial charge in [0.25, 0.3) is 0 Å². The Labute approximate surface area is 267 Å². The Balaban J connectivity index is 1.34. The van der Waals surface area contributed by atoms with Gasteiger partial charge in [-0.15, -0.1) is 0 Å². The summed E-state index contributed by atoms with van der Waals surface area (Å²) < 4.78 is 22.7. The van der Waals surface area contributed by atoms with Crippen molar-refractivity contribution in [1.82, 2.24) is 19.8 Å². The lowest BCUT2D eigenvalue weighted by atomic mass is 9.96. The second-order valence-corrected chi connectivity index (χ2v) is 14.1. The Morgan fingerprint density at radius 2 is 1.69 bits per heavy atom. The first kappa shape index (κ1) is 29.8. The molecule has 2 atom stereocenters. The zero-order chi connectivity index (χ0) is 31.8. The molecule has 4 heterocycles. The third kappa shape index (κ3) is 5.27. The molecule has 45 heavy (non-hydrogen) atoms. The van der Waals surface area contributed by atoms with Crippen LogP contribution in [0, 0.1) is 5.82 Å². The van der Waals surface area contributed by atoms with Crippen molar-refractivity contribution in [2.24, 2.45) is 0 Å². The van der Waals surface area contributed by atoms with Gasteiger partial charge in [0.15, 0.2) is 5.82 Å². The molecule has 0 unspecified atom stereocenters. The van der Waals surface area contributed by atoms with Crippen molar-refractivity contribution in [3.63, 3.8) is 0 Å². The van der Waals surface area contributed by atoms with Crippen LogP contribution >= 0.6 is 11.6 Å². The first-order valence-electron chi connectivity index (χ1n) is 15.5. The zero-order valence-corrected chi connectivity index (χ0v) is 27.0. The SMILES string of the molecule is CN(C)C1CN(c2nc(N3C[C@H]4CC[C@@H](C3)N4C(=O)OC(C)(C)C)c3cc(Cl)c(-c4cc(O)cc5ccccc45)c(F)c3n2)C1. The highest BCUT2D eigenvalue weighted by molar-refractivity contribution is 6.35. The molecule has 3 fully saturated rings. The van der Waals surface area contributed by atoms with Crippen molar-refractivity contribution in [3.05, 3.63) is 53.3 Å². The number of phenolic OH excluding ortho intramolecular Hbond substituents is 1. The smallest absolute Gasteiger partial charge is 0.410 e. The second kappa shape index (κ2) is 10.9. The third-order valence-electron chi connectivity index (χ3n) is 9.23. The number of aromatic hydroxyl groups is 1. The maximum atomic E-state index is 16.9. The van der Waals surface area contributed by atoms with Gasteiger partial charge in [0.05, 0.1) is 17.1 Å². The fraction of sp³-hybridized carbons (Fsp3) is 0.441. The van der Waals surface area contributed by atoms with Gasteiger partial charge in [-0.1, -0.05) is 35.9 Å². The molecule has 0 aliphatic carbocycles. The molecule has 11 heteroatoms. The van der Waals surface area contributed by atoms with Crippen molar-refractivity contribution in [1.29, 1.82) is 0 Å². The number of carbonyl (C=O) groups excluding carboxylic acids is 1. The van der Waals surface area contributed by atoms with Gasteiger partial charge in [-0.05, 0) is 82.2 Å². The first-order valence-corrected chi connectivity index (χ1v) is 15.8. The van der Waals surface area contributed by atoms with Crippen LogP contribution in [-0.2, 0) is 4.74 Å². The number of fused-ring (bicyclic) bond motifs is 4. The lowest BCUT2D eigenvalue weighted by molar-refractivity contribution is 0.0123. The molecule has 3 aliphatic heterocycles. The van der Waals surface area contributed by atoms with Gasteiger partial charge in [-0.3, -0.25) is 4.90 Å². The first-order chi connectivity index (χ1) is 21.4. The highest BCUT2D eigenvalue weighted by Crippen LogP contribution is 2.44. The number of nitrogens with zero attached hydrogens (tertiary/aromatic N) is 6. The highest BCUT2D eigenvalue weighted by Gasteiger charge is 2.45. The van der Waals surface area contributed by atoms with Crippen LogP contribution in [0.2, 0.25) is 5.02 Å². The third-order valence-corrected chi connectivity index (χ3v) is 9.53. The second-order valence-electron chi connectivity index (χ2n) is 13.7.